The van der Waals surface area contributed by atoms with Gasteiger partial charge in [0.05, 0.1) is 12.8 Å². The van der Waals surface area contributed by atoms with E-state index in [4.69, 9.17) is 22.1 Å². The molecule has 0 radical (unpaired) electrons. The monoisotopic (exact) mass is 265 g/mol. The van der Waals surface area contributed by atoms with Gasteiger partial charge in [-0.05, 0) is 18.6 Å². The number of ether oxygens (including phenoxy) is 1. The Labute approximate surface area is 111 Å². The van der Waals surface area contributed by atoms with Crippen LogP contribution in [-0.4, -0.2) is 16.9 Å². The number of halogens is 1. The first-order valence-electron chi connectivity index (χ1n) is 5.73. The fraction of sp³-hybridized carbons (Fsp3) is 0.308. The maximum Gasteiger partial charge on any atom is 0.124 e. The molecule has 0 saturated carbocycles. The third-order valence-electron chi connectivity index (χ3n) is 2.94. The highest BCUT2D eigenvalue weighted by Crippen LogP contribution is 2.34. The van der Waals surface area contributed by atoms with Gasteiger partial charge in [0.1, 0.15) is 11.6 Å². The normalized spacial score (nSPS) is 10.7. The Hall–Kier alpha value is -1.68. The minimum absolute atomic E-state index is 0.617. The van der Waals surface area contributed by atoms with Crippen LogP contribution >= 0.6 is 11.6 Å². The molecule has 2 rings (SSSR count). The number of aryl methyl sites for hydroxylation is 1. The topological polar surface area (TPSA) is 53.1 Å². The van der Waals surface area contributed by atoms with Gasteiger partial charge in [-0.15, -0.1) is 0 Å². The van der Waals surface area contributed by atoms with E-state index in [0.717, 1.165) is 29.0 Å². The van der Waals surface area contributed by atoms with Gasteiger partial charge >= 0.3 is 0 Å². The van der Waals surface area contributed by atoms with Crippen LogP contribution in [-0.2, 0) is 13.5 Å². The van der Waals surface area contributed by atoms with Gasteiger partial charge in [-0.3, -0.25) is 4.68 Å². The summed E-state index contributed by atoms with van der Waals surface area (Å²) in [5.41, 5.74) is 8.68. The van der Waals surface area contributed by atoms with Crippen LogP contribution in [0.4, 0.5) is 5.82 Å². The van der Waals surface area contributed by atoms with Crippen molar-refractivity contribution < 1.29 is 4.74 Å². The quantitative estimate of drug-likeness (QED) is 0.928. The van der Waals surface area contributed by atoms with Crippen molar-refractivity contribution in [1.29, 1.82) is 0 Å². The minimum atomic E-state index is 0.617. The number of hydrogen-bond acceptors (Lipinski definition) is 3. The second-order valence-electron chi connectivity index (χ2n) is 4.07. The van der Waals surface area contributed by atoms with Crippen LogP contribution in [0.3, 0.4) is 0 Å². The molecule has 0 aliphatic carbocycles. The second-order valence-corrected chi connectivity index (χ2v) is 4.50. The van der Waals surface area contributed by atoms with Crippen LogP contribution in [0.15, 0.2) is 18.2 Å². The average Bonchev–Trinajstić information content (AvgIpc) is 2.68. The zero-order valence-corrected chi connectivity index (χ0v) is 11.5. The summed E-state index contributed by atoms with van der Waals surface area (Å²) in [7, 11) is 3.45. The first-order chi connectivity index (χ1) is 8.56. The number of nitrogen functional groups attached to an aromatic ring is 1. The molecule has 0 aliphatic heterocycles. The lowest BCUT2D eigenvalue weighted by atomic mass is 10.0. The first kappa shape index (κ1) is 12.8. The van der Waals surface area contributed by atoms with Crippen LogP contribution in [0.5, 0.6) is 5.75 Å². The molecule has 0 atom stereocenters. The van der Waals surface area contributed by atoms with E-state index >= 15 is 0 Å². The Balaban J connectivity index is 2.65. The van der Waals surface area contributed by atoms with Crippen molar-refractivity contribution >= 4 is 17.4 Å². The van der Waals surface area contributed by atoms with Crippen LogP contribution in [0.25, 0.3) is 11.3 Å². The zero-order valence-electron chi connectivity index (χ0n) is 10.7. The van der Waals surface area contributed by atoms with Crippen molar-refractivity contribution in [1.82, 2.24) is 9.78 Å². The molecule has 2 N–H and O–H groups in total. The summed E-state index contributed by atoms with van der Waals surface area (Å²) in [6.07, 6.45) is 0.839. The molecule has 4 nitrogen and oxygen atoms in total. The molecular formula is C13H16ClN3O. The molecule has 0 unspecified atom stereocenters. The maximum atomic E-state index is 6.11. The number of rotatable bonds is 3. The molecular weight excluding hydrogens is 250 g/mol. The molecule has 0 fully saturated rings. The highest BCUT2D eigenvalue weighted by molar-refractivity contribution is 6.31. The highest BCUT2D eigenvalue weighted by atomic mass is 35.5. The minimum Gasteiger partial charge on any atom is -0.496 e. The van der Waals surface area contributed by atoms with Crippen molar-refractivity contribution in [3.63, 3.8) is 0 Å². The Morgan fingerprint density at radius 3 is 2.61 bits per heavy atom. The first-order valence-corrected chi connectivity index (χ1v) is 6.11. The van der Waals surface area contributed by atoms with Gasteiger partial charge in [-0.2, -0.15) is 5.10 Å². The molecule has 96 valence electrons. The molecule has 0 aliphatic rings. The Kier molecular flexibility index (Phi) is 3.48. The van der Waals surface area contributed by atoms with E-state index in [1.165, 1.54) is 0 Å². The molecule has 18 heavy (non-hydrogen) atoms. The lowest BCUT2D eigenvalue weighted by Gasteiger charge is -2.11. The molecule has 0 saturated heterocycles. The van der Waals surface area contributed by atoms with Gasteiger partial charge < -0.3 is 10.5 Å². The maximum absolute atomic E-state index is 6.11. The summed E-state index contributed by atoms with van der Waals surface area (Å²) in [4.78, 5) is 0. The Morgan fingerprint density at radius 1 is 1.39 bits per heavy atom. The van der Waals surface area contributed by atoms with Crippen molar-refractivity contribution in [2.45, 2.75) is 13.3 Å². The standard InChI is InChI=1S/C13H16ClN3O/c1-4-9-10(5-8(14)6-12(9)18-3)11-7-13(15)17(2)16-11/h5-7H,4,15H2,1-3H3. The summed E-state index contributed by atoms with van der Waals surface area (Å²) in [5.74, 6) is 1.40. The van der Waals surface area contributed by atoms with E-state index < -0.39 is 0 Å². The summed E-state index contributed by atoms with van der Waals surface area (Å²) in [6, 6.07) is 5.55. The Morgan fingerprint density at radius 2 is 2.11 bits per heavy atom. The average molecular weight is 266 g/mol. The van der Waals surface area contributed by atoms with E-state index in [2.05, 4.69) is 12.0 Å². The summed E-state index contributed by atoms with van der Waals surface area (Å²) in [6.45, 7) is 2.07. The predicted octanol–water partition coefficient (Wildman–Crippen LogP) is 2.89. The second kappa shape index (κ2) is 4.90. The van der Waals surface area contributed by atoms with Crippen molar-refractivity contribution in [2.24, 2.45) is 7.05 Å². The number of hydrogen-bond donors (Lipinski definition) is 1. The summed E-state index contributed by atoms with van der Waals surface area (Å²) >= 11 is 6.11. The summed E-state index contributed by atoms with van der Waals surface area (Å²) < 4.78 is 7.01. The largest absolute Gasteiger partial charge is 0.496 e. The van der Waals surface area contributed by atoms with Crippen molar-refractivity contribution in [3.05, 3.63) is 28.8 Å². The molecule has 1 heterocycles. The van der Waals surface area contributed by atoms with E-state index in [-0.39, 0.29) is 0 Å². The van der Waals surface area contributed by atoms with E-state index in [1.807, 2.05) is 25.2 Å². The number of nitrogens with zero attached hydrogens (tertiary/aromatic N) is 2. The number of nitrogens with two attached hydrogens (primary N) is 1. The lowest BCUT2D eigenvalue weighted by Crippen LogP contribution is -1.97. The molecule has 5 heteroatoms. The van der Waals surface area contributed by atoms with Gasteiger partial charge in [0.25, 0.3) is 0 Å². The molecule has 1 aromatic heterocycles. The molecule has 1 aromatic carbocycles. The molecule has 2 aromatic rings. The number of benzene rings is 1. The SMILES string of the molecule is CCc1c(OC)cc(Cl)cc1-c1cc(N)n(C)n1. The smallest absolute Gasteiger partial charge is 0.124 e. The van der Waals surface area contributed by atoms with Gasteiger partial charge in [-0.1, -0.05) is 18.5 Å². The number of aromatic nitrogens is 2. The van der Waals surface area contributed by atoms with Crippen molar-refractivity contribution in [3.8, 4) is 17.0 Å². The molecule has 0 amide bonds. The third-order valence-corrected chi connectivity index (χ3v) is 3.16. The fourth-order valence-corrected chi connectivity index (χ4v) is 2.21. The van der Waals surface area contributed by atoms with E-state index in [9.17, 15) is 0 Å². The lowest BCUT2D eigenvalue weighted by molar-refractivity contribution is 0.410. The van der Waals surface area contributed by atoms with Crippen LogP contribution < -0.4 is 10.5 Å². The molecule has 0 bridgehead atoms. The van der Waals surface area contributed by atoms with E-state index in [0.29, 0.717) is 10.8 Å². The fourth-order valence-electron chi connectivity index (χ4n) is 2.00. The van der Waals surface area contributed by atoms with Crippen LogP contribution in [0.1, 0.15) is 12.5 Å². The van der Waals surface area contributed by atoms with Gasteiger partial charge in [0, 0.05) is 29.3 Å². The predicted molar refractivity (Wildman–Crippen MR) is 74.0 cm³/mol. The van der Waals surface area contributed by atoms with Gasteiger partial charge in [-0.25, -0.2) is 0 Å². The number of methoxy groups -OCH3 is 1. The van der Waals surface area contributed by atoms with E-state index in [1.54, 1.807) is 11.8 Å². The van der Waals surface area contributed by atoms with Crippen LogP contribution in [0, 0.1) is 0 Å². The third kappa shape index (κ3) is 2.16. The number of anilines is 1. The Bertz CT molecular complexity index is 558. The summed E-state index contributed by atoms with van der Waals surface area (Å²) in [5, 5.41) is 5.01. The van der Waals surface area contributed by atoms with Crippen LogP contribution in [0.2, 0.25) is 5.02 Å². The molecule has 0 spiro atoms. The van der Waals surface area contributed by atoms with Gasteiger partial charge in [0.2, 0.25) is 0 Å². The zero-order chi connectivity index (χ0) is 13.3. The van der Waals surface area contributed by atoms with Gasteiger partial charge in [0.15, 0.2) is 0 Å². The highest BCUT2D eigenvalue weighted by Gasteiger charge is 2.14. The van der Waals surface area contributed by atoms with Crippen molar-refractivity contribution in [2.75, 3.05) is 12.8 Å².